The standard InChI is InChI=1S/C13H13ClN2O2S/c1-15-12-7-2-3-8-13(12)19(17,18)16-11-6-4-5-10(14)9-11/h2-9,15-16H,1H3. The number of hydrogen-bond acceptors (Lipinski definition) is 3. The molecular weight excluding hydrogens is 284 g/mol. The highest BCUT2D eigenvalue weighted by Gasteiger charge is 2.17. The van der Waals surface area contributed by atoms with Crippen LogP contribution in [0.15, 0.2) is 53.4 Å². The Morgan fingerprint density at radius 3 is 2.47 bits per heavy atom. The van der Waals surface area contributed by atoms with Gasteiger partial charge in [0.1, 0.15) is 4.90 Å². The minimum Gasteiger partial charge on any atom is -0.387 e. The number of para-hydroxylation sites is 1. The summed E-state index contributed by atoms with van der Waals surface area (Å²) in [7, 11) is -1.97. The monoisotopic (exact) mass is 296 g/mol. The van der Waals surface area contributed by atoms with Gasteiger partial charge in [0, 0.05) is 12.1 Å². The topological polar surface area (TPSA) is 58.2 Å². The van der Waals surface area contributed by atoms with Crippen LogP contribution < -0.4 is 10.0 Å². The summed E-state index contributed by atoms with van der Waals surface area (Å²) >= 11 is 5.83. The zero-order valence-electron chi connectivity index (χ0n) is 10.2. The third-order valence-electron chi connectivity index (χ3n) is 2.52. The molecule has 0 unspecified atom stereocenters. The summed E-state index contributed by atoms with van der Waals surface area (Å²) in [5.74, 6) is 0. The average molecular weight is 297 g/mol. The number of hydrogen-bond donors (Lipinski definition) is 2. The van der Waals surface area contributed by atoms with Gasteiger partial charge >= 0.3 is 0 Å². The largest absolute Gasteiger partial charge is 0.387 e. The predicted octanol–water partition coefficient (Wildman–Crippen LogP) is 3.18. The van der Waals surface area contributed by atoms with Crippen LogP contribution >= 0.6 is 11.6 Å². The van der Waals surface area contributed by atoms with Gasteiger partial charge in [-0.15, -0.1) is 0 Å². The maximum atomic E-state index is 12.3. The van der Waals surface area contributed by atoms with Gasteiger partial charge in [-0.2, -0.15) is 0 Å². The molecule has 2 aromatic rings. The minimum atomic E-state index is -3.64. The Morgan fingerprint density at radius 2 is 1.79 bits per heavy atom. The van der Waals surface area contributed by atoms with Crippen LogP contribution in [-0.2, 0) is 10.0 Å². The van der Waals surface area contributed by atoms with Crippen LogP contribution in [0.4, 0.5) is 11.4 Å². The Bertz CT molecular complexity index is 687. The second-order valence-electron chi connectivity index (χ2n) is 3.86. The Morgan fingerprint density at radius 1 is 1.05 bits per heavy atom. The molecule has 0 heterocycles. The maximum absolute atomic E-state index is 12.3. The molecule has 0 atom stereocenters. The van der Waals surface area contributed by atoms with Crippen LogP contribution in [0.1, 0.15) is 0 Å². The van der Waals surface area contributed by atoms with Gasteiger partial charge in [0.15, 0.2) is 0 Å². The molecule has 4 nitrogen and oxygen atoms in total. The Hall–Kier alpha value is -1.72. The summed E-state index contributed by atoms with van der Waals surface area (Å²) in [6, 6.07) is 13.3. The Labute approximate surface area is 117 Å². The lowest BCUT2D eigenvalue weighted by atomic mass is 10.3. The van der Waals surface area contributed by atoms with E-state index in [1.807, 2.05) is 0 Å². The van der Waals surface area contributed by atoms with Crippen molar-refractivity contribution < 1.29 is 8.42 Å². The number of sulfonamides is 1. The third-order valence-corrected chi connectivity index (χ3v) is 4.20. The lowest BCUT2D eigenvalue weighted by Gasteiger charge is -2.12. The molecule has 0 aliphatic rings. The summed E-state index contributed by atoms with van der Waals surface area (Å²) in [6.07, 6.45) is 0. The molecule has 19 heavy (non-hydrogen) atoms. The van der Waals surface area contributed by atoms with Crippen LogP contribution in [-0.4, -0.2) is 15.5 Å². The van der Waals surface area contributed by atoms with Crippen molar-refractivity contribution >= 4 is 33.0 Å². The van der Waals surface area contributed by atoms with Gasteiger partial charge in [-0.05, 0) is 30.3 Å². The normalized spacial score (nSPS) is 11.1. The molecular formula is C13H13ClN2O2S. The average Bonchev–Trinajstić information content (AvgIpc) is 2.38. The fourth-order valence-corrected chi connectivity index (χ4v) is 3.12. The summed E-state index contributed by atoms with van der Waals surface area (Å²) < 4.78 is 27.1. The quantitative estimate of drug-likeness (QED) is 0.911. The first-order valence-electron chi connectivity index (χ1n) is 5.58. The SMILES string of the molecule is CNc1ccccc1S(=O)(=O)Nc1cccc(Cl)c1. The molecule has 0 saturated carbocycles. The van der Waals surface area contributed by atoms with Crippen LogP contribution in [0.5, 0.6) is 0 Å². The van der Waals surface area contributed by atoms with Crippen LogP contribution in [0.3, 0.4) is 0 Å². The molecule has 0 aliphatic carbocycles. The highest BCUT2D eigenvalue weighted by molar-refractivity contribution is 7.92. The van der Waals surface area contributed by atoms with Gasteiger partial charge in [-0.3, -0.25) is 4.72 Å². The molecule has 0 saturated heterocycles. The van der Waals surface area contributed by atoms with E-state index >= 15 is 0 Å². The predicted molar refractivity (Wildman–Crippen MR) is 78.2 cm³/mol. The van der Waals surface area contributed by atoms with E-state index < -0.39 is 10.0 Å². The molecule has 0 spiro atoms. The van der Waals surface area contributed by atoms with E-state index in [-0.39, 0.29) is 4.90 Å². The zero-order valence-corrected chi connectivity index (χ0v) is 11.8. The number of anilines is 2. The number of rotatable bonds is 4. The summed E-state index contributed by atoms with van der Waals surface area (Å²) in [5.41, 5.74) is 0.968. The summed E-state index contributed by atoms with van der Waals surface area (Å²) in [4.78, 5) is 0.192. The van der Waals surface area contributed by atoms with Crippen molar-refractivity contribution in [1.29, 1.82) is 0 Å². The fourth-order valence-electron chi connectivity index (χ4n) is 1.67. The van der Waals surface area contributed by atoms with Gasteiger partial charge in [0.05, 0.1) is 11.4 Å². The van der Waals surface area contributed by atoms with E-state index in [4.69, 9.17) is 11.6 Å². The van der Waals surface area contributed by atoms with E-state index in [1.54, 1.807) is 55.6 Å². The van der Waals surface area contributed by atoms with Crippen LogP contribution in [0.2, 0.25) is 5.02 Å². The lowest BCUT2D eigenvalue weighted by Crippen LogP contribution is -2.14. The number of nitrogens with one attached hydrogen (secondary N) is 2. The van der Waals surface area contributed by atoms with Crippen molar-refractivity contribution in [3.05, 3.63) is 53.6 Å². The molecule has 2 rings (SSSR count). The molecule has 6 heteroatoms. The van der Waals surface area contributed by atoms with Gasteiger partial charge in [0.2, 0.25) is 0 Å². The van der Waals surface area contributed by atoms with E-state index in [0.717, 1.165) is 0 Å². The van der Waals surface area contributed by atoms with Gasteiger partial charge in [0.25, 0.3) is 10.0 Å². The van der Waals surface area contributed by atoms with E-state index in [1.165, 1.54) is 0 Å². The van der Waals surface area contributed by atoms with Crippen molar-refractivity contribution in [3.8, 4) is 0 Å². The summed E-state index contributed by atoms with van der Waals surface area (Å²) in [5, 5.41) is 3.33. The maximum Gasteiger partial charge on any atom is 0.263 e. The Balaban J connectivity index is 2.38. The molecule has 0 aliphatic heterocycles. The second kappa shape index (κ2) is 5.50. The number of benzene rings is 2. The zero-order chi connectivity index (χ0) is 13.9. The fraction of sp³-hybridized carbons (Fsp3) is 0.0769. The van der Waals surface area contributed by atoms with Gasteiger partial charge in [-0.1, -0.05) is 29.8 Å². The van der Waals surface area contributed by atoms with Crippen molar-refractivity contribution in [2.75, 3.05) is 17.1 Å². The first-order chi connectivity index (χ1) is 9.03. The lowest BCUT2D eigenvalue weighted by molar-refractivity contribution is 0.601. The molecule has 0 bridgehead atoms. The van der Waals surface area contributed by atoms with Crippen LogP contribution in [0.25, 0.3) is 0 Å². The van der Waals surface area contributed by atoms with Gasteiger partial charge in [-0.25, -0.2) is 8.42 Å². The highest BCUT2D eigenvalue weighted by Crippen LogP contribution is 2.24. The first kappa shape index (κ1) is 13.7. The highest BCUT2D eigenvalue weighted by atomic mass is 35.5. The first-order valence-corrected chi connectivity index (χ1v) is 7.44. The van der Waals surface area contributed by atoms with Gasteiger partial charge < -0.3 is 5.32 Å². The molecule has 0 aromatic heterocycles. The third kappa shape index (κ3) is 3.19. The van der Waals surface area contributed by atoms with E-state index in [9.17, 15) is 8.42 Å². The minimum absolute atomic E-state index is 0.192. The van der Waals surface area contributed by atoms with Crippen molar-refractivity contribution in [2.24, 2.45) is 0 Å². The van der Waals surface area contributed by atoms with Crippen molar-refractivity contribution in [1.82, 2.24) is 0 Å². The molecule has 2 N–H and O–H groups in total. The second-order valence-corrected chi connectivity index (χ2v) is 5.95. The molecule has 100 valence electrons. The number of halogens is 1. The molecule has 0 amide bonds. The van der Waals surface area contributed by atoms with Crippen LogP contribution in [0, 0.1) is 0 Å². The Kier molecular flexibility index (Phi) is 3.97. The van der Waals surface area contributed by atoms with Crippen molar-refractivity contribution in [3.63, 3.8) is 0 Å². The van der Waals surface area contributed by atoms with E-state index in [0.29, 0.717) is 16.4 Å². The molecule has 0 radical (unpaired) electrons. The van der Waals surface area contributed by atoms with Crippen molar-refractivity contribution in [2.45, 2.75) is 4.90 Å². The summed E-state index contributed by atoms with van der Waals surface area (Å²) in [6.45, 7) is 0. The molecule has 2 aromatic carbocycles. The smallest absolute Gasteiger partial charge is 0.263 e. The molecule has 0 fully saturated rings. The van der Waals surface area contributed by atoms with E-state index in [2.05, 4.69) is 10.0 Å².